The number of carbonyl (C=O) groups excluding carboxylic acids is 2. The van der Waals surface area contributed by atoms with Crippen LogP contribution in [0.1, 0.15) is 12.8 Å². The number of carbonyl (C=O) groups is 2. The molecular formula is C8H15N3O2. The highest BCUT2D eigenvalue weighted by atomic mass is 16.1. The smallest absolute Gasteiger partial charge is 0.217 e. The number of hydrogen-bond donors (Lipinski definition) is 3. The topological polar surface area (TPSA) is 98.2 Å². The lowest BCUT2D eigenvalue weighted by atomic mass is 9.90. The Kier molecular flexibility index (Phi) is 3.25. The van der Waals surface area contributed by atoms with Crippen molar-refractivity contribution in [3.8, 4) is 0 Å². The van der Waals surface area contributed by atoms with Crippen molar-refractivity contribution in [2.24, 2.45) is 23.3 Å². The molecule has 0 aliphatic carbocycles. The number of amides is 2. The molecule has 1 aliphatic rings. The molecule has 2 unspecified atom stereocenters. The summed E-state index contributed by atoms with van der Waals surface area (Å²) in [4.78, 5) is 21.3. The summed E-state index contributed by atoms with van der Waals surface area (Å²) in [7, 11) is 0. The van der Waals surface area contributed by atoms with Crippen molar-refractivity contribution in [2.75, 3.05) is 13.1 Å². The minimum absolute atomic E-state index is 0.171. The van der Waals surface area contributed by atoms with Gasteiger partial charge in [-0.2, -0.15) is 0 Å². The van der Waals surface area contributed by atoms with Crippen LogP contribution in [-0.4, -0.2) is 24.9 Å². The van der Waals surface area contributed by atoms with E-state index < -0.39 is 0 Å². The van der Waals surface area contributed by atoms with E-state index in [0.29, 0.717) is 12.8 Å². The standard InChI is InChI=1S/C8H15N3O2/c9-7(12)1-5-3-11-4-6(5)2-8(10)13/h5-6,11H,1-4H2,(H2,9,12)(H2,10,13). The quantitative estimate of drug-likeness (QED) is 0.501. The first-order valence-corrected chi connectivity index (χ1v) is 4.37. The summed E-state index contributed by atoms with van der Waals surface area (Å²) in [5, 5.41) is 3.12. The molecule has 1 heterocycles. The first-order chi connectivity index (χ1) is 6.09. The van der Waals surface area contributed by atoms with Crippen molar-refractivity contribution < 1.29 is 9.59 Å². The summed E-state index contributed by atoms with van der Waals surface area (Å²) < 4.78 is 0. The second-order valence-electron chi connectivity index (χ2n) is 3.52. The maximum Gasteiger partial charge on any atom is 0.217 e. The van der Waals surface area contributed by atoms with E-state index in [1.807, 2.05) is 0 Å². The van der Waals surface area contributed by atoms with Crippen molar-refractivity contribution in [3.63, 3.8) is 0 Å². The van der Waals surface area contributed by atoms with Gasteiger partial charge in [0.2, 0.25) is 11.8 Å². The van der Waals surface area contributed by atoms with Gasteiger partial charge in [0, 0.05) is 12.8 Å². The van der Waals surface area contributed by atoms with E-state index in [2.05, 4.69) is 5.32 Å². The van der Waals surface area contributed by atoms with Crippen molar-refractivity contribution in [1.82, 2.24) is 5.32 Å². The highest BCUT2D eigenvalue weighted by Crippen LogP contribution is 2.22. The van der Waals surface area contributed by atoms with Gasteiger partial charge in [0.25, 0.3) is 0 Å². The number of rotatable bonds is 4. The molecule has 13 heavy (non-hydrogen) atoms. The zero-order valence-corrected chi connectivity index (χ0v) is 7.45. The van der Waals surface area contributed by atoms with Crippen LogP contribution in [0.25, 0.3) is 0 Å². The molecule has 1 rings (SSSR count). The predicted molar refractivity (Wildman–Crippen MR) is 47.5 cm³/mol. The Bertz CT molecular complexity index is 195. The van der Waals surface area contributed by atoms with E-state index in [4.69, 9.17) is 11.5 Å². The summed E-state index contributed by atoms with van der Waals surface area (Å²) in [5.74, 6) is -0.290. The van der Waals surface area contributed by atoms with Crippen LogP contribution in [0.15, 0.2) is 0 Å². The van der Waals surface area contributed by atoms with Gasteiger partial charge in [-0.15, -0.1) is 0 Å². The molecule has 2 atom stereocenters. The van der Waals surface area contributed by atoms with Crippen molar-refractivity contribution in [1.29, 1.82) is 0 Å². The molecule has 0 aromatic rings. The summed E-state index contributed by atoms with van der Waals surface area (Å²) in [6.07, 6.45) is 0.676. The van der Waals surface area contributed by atoms with Crippen LogP contribution >= 0.6 is 0 Å². The average Bonchev–Trinajstić information content (AvgIpc) is 2.34. The molecule has 5 N–H and O–H groups in total. The zero-order valence-electron chi connectivity index (χ0n) is 7.45. The molecular weight excluding hydrogens is 170 g/mol. The molecule has 1 saturated heterocycles. The largest absolute Gasteiger partial charge is 0.370 e. The molecule has 1 aliphatic heterocycles. The molecule has 5 nitrogen and oxygen atoms in total. The monoisotopic (exact) mass is 185 g/mol. The summed E-state index contributed by atoms with van der Waals surface area (Å²) in [6, 6.07) is 0. The Morgan fingerprint density at radius 2 is 1.46 bits per heavy atom. The molecule has 0 bridgehead atoms. The van der Waals surface area contributed by atoms with Gasteiger partial charge in [0.1, 0.15) is 0 Å². The Labute approximate surface area is 76.8 Å². The third-order valence-corrected chi connectivity index (χ3v) is 2.41. The normalized spacial score (nSPS) is 27.4. The fourth-order valence-corrected chi connectivity index (χ4v) is 1.78. The first-order valence-electron chi connectivity index (χ1n) is 4.37. The fourth-order valence-electron chi connectivity index (χ4n) is 1.78. The van der Waals surface area contributed by atoms with Gasteiger partial charge < -0.3 is 16.8 Å². The lowest BCUT2D eigenvalue weighted by Gasteiger charge is -2.14. The highest BCUT2D eigenvalue weighted by molar-refractivity contribution is 5.75. The number of nitrogens with two attached hydrogens (primary N) is 2. The highest BCUT2D eigenvalue weighted by Gasteiger charge is 2.29. The molecule has 1 fully saturated rings. The van der Waals surface area contributed by atoms with Gasteiger partial charge in [0.15, 0.2) is 0 Å². The van der Waals surface area contributed by atoms with Gasteiger partial charge in [-0.25, -0.2) is 0 Å². The fraction of sp³-hybridized carbons (Fsp3) is 0.750. The van der Waals surface area contributed by atoms with Crippen LogP contribution in [0.4, 0.5) is 0 Å². The van der Waals surface area contributed by atoms with E-state index in [9.17, 15) is 9.59 Å². The second-order valence-corrected chi connectivity index (χ2v) is 3.52. The molecule has 0 aromatic heterocycles. The van der Waals surface area contributed by atoms with E-state index in [0.717, 1.165) is 13.1 Å². The number of hydrogen-bond acceptors (Lipinski definition) is 3. The molecule has 5 heteroatoms. The Balaban J connectivity index is 2.43. The first kappa shape index (κ1) is 9.98. The lowest BCUT2D eigenvalue weighted by Crippen LogP contribution is -2.25. The Morgan fingerprint density at radius 1 is 1.08 bits per heavy atom. The van der Waals surface area contributed by atoms with Crippen LogP contribution in [-0.2, 0) is 9.59 Å². The number of primary amides is 2. The van der Waals surface area contributed by atoms with Gasteiger partial charge in [-0.05, 0) is 24.9 Å². The average molecular weight is 185 g/mol. The third-order valence-electron chi connectivity index (χ3n) is 2.41. The minimum atomic E-state index is -0.317. The van der Waals surface area contributed by atoms with E-state index in [1.54, 1.807) is 0 Å². The van der Waals surface area contributed by atoms with Gasteiger partial charge in [-0.3, -0.25) is 9.59 Å². The molecule has 0 radical (unpaired) electrons. The van der Waals surface area contributed by atoms with E-state index >= 15 is 0 Å². The van der Waals surface area contributed by atoms with Crippen LogP contribution in [0.3, 0.4) is 0 Å². The predicted octanol–water partition coefficient (Wildman–Crippen LogP) is -1.43. The Morgan fingerprint density at radius 3 is 1.77 bits per heavy atom. The van der Waals surface area contributed by atoms with Crippen molar-refractivity contribution >= 4 is 11.8 Å². The molecule has 74 valence electrons. The van der Waals surface area contributed by atoms with Crippen LogP contribution in [0.5, 0.6) is 0 Å². The zero-order chi connectivity index (χ0) is 9.84. The van der Waals surface area contributed by atoms with Gasteiger partial charge >= 0.3 is 0 Å². The third kappa shape index (κ3) is 3.02. The maximum atomic E-state index is 10.7. The Hall–Kier alpha value is -1.10. The molecule has 0 spiro atoms. The van der Waals surface area contributed by atoms with Crippen LogP contribution in [0.2, 0.25) is 0 Å². The lowest BCUT2D eigenvalue weighted by molar-refractivity contribution is -0.121. The summed E-state index contributed by atoms with van der Waals surface area (Å²) in [6.45, 7) is 1.50. The van der Waals surface area contributed by atoms with Crippen LogP contribution < -0.4 is 16.8 Å². The SMILES string of the molecule is NC(=O)CC1CNCC1CC(N)=O. The summed E-state index contributed by atoms with van der Waals surface area (Å²) >= 11 is 0. The minimum Gasteiger partial charge on any atom is -0.370 e. The molecule has 0 saturated carbocycles. The van der Waals surface area contributed by atoms with Gasteiger partial charge in [0.05, 0.1) is 0 Å². The van der Waals surface area contributed by atoms with Crippen molar-refractivity contribution in [2.45, 2.75) is 12.8 Å². The van der Waals surface area contributed by atoms with Crippen LogP contribution in [0, 0.1) is 11.8 Å². The van der Waals surface area contributed by atoms with E-state index in [-0.39, 0.29) is 23.7 Å². The number of nitrogens with one attached hydrogen (secondary N) is 1. The molecule has 2 amide bonds. The molecule has 0 aromatic carbocycles. The van der Waals surface area contributed by atoms with Crippen molar-refractivity contribution in [3.05, 3.63) is 0 Å². The van der Waals surface area contributed by atoms with Gasteiger partial charge in [-0.1, -0.05) is 0 Å². The second kappa shape index (κ2) is 4.23. The van der Waals surface area contributed by atoms with E-state index in [1.165, 1.54) is 0 Å². The summed E-state index contributed by atoms with van der Waals surface area (Å²) in [5.41, 5.74) is 10.2. The maximum absolute atomic E-state index is 10.7.